The molecule has 0 saturated heterocycles. The van der Waals surface area contributed by atoms with E-state index in [0.29, 0.717) is 6.42 Å². The van der Waals surface area contributed by atoms with Crippen molar-refractivity contribution < 1.29 is 23.9 Å². The van der Waals surface area contributed by atoms with E-state index in [1.807, 2.05) is 0 Å². The minimum Gasteiger partial charge on any atom is -0.454 e. The Hall–Kier alpha value is -2.12. The normalized spacial score (nSPS) is 32.5. The molecule has 5 fully saturated rings. The summed E-state index contributed by atoms with van der Waals surface area (Å²) >= 11 is 0. The van der Waals surface area contributed by atoms with Crippen LogP contribution in [0.3, 0.4) is 0 Å². The zero-order valence-corrected chi connectivity index (χ0v) is 16.1. The average molecular weight is 391 g/mol. The number of carbonyl (C=O) groups excluding carboxylic acids is 4. The maximum absolute atomic E-state index is 12.4. The highest BCUT2D eigenvalue weighted by Gasteiger charge is 2.51. The van der Waals surface area contributed by atoms with Crippen molar-refractivity contribution >= 4 is 23.8 Å². The maximum Gasteiger partial charge on any atom is 0.325 e. The lowest BCUT2D eigenvalue weighted by atomic mass is 9.49. The number of nitrogens with one attached hydrogen (secondary N) is 3. The summed E-state index contributed by atoms with van der Waals surface area (Å²) in [5.41, 5.74) is 0.123. The number of hydrogen-bond donors (Lipinski definition) is 3. The highest BCUT2D eigenvalue weighted by Crippen LogP contribution is 2.61. The zero-order valence-electron chi connectivity index (χ0n) is 16.1. The van der Waals surface area contributed by atoms with Crippen LogP contribution >= 0.6 is 0 Å². The smallest absolute Gasteiger partial charge is 0.325 e. The molecule has 5 saturated carbocycles. The summed E-state index contributed by atoms with van der Waals surface area (Å²) in [6, 6.07) is -0.438. The van der Waals surface area contributed by atoms with Gasteiger partial charge in [0, 0.05) is 12.5 Å². The van der Waals surface area contributed by atoms with E-state index in [1.165, 1.54) is 19.3 Å². The molecule has 0 aromatic heterocycles. The third-order valence-electron chi connectivity index (χ3n) is 6.66. The molecule has 0 heterocycles. The van der Waals surface area contributed by atoms with Crippen molar-refractivity contribution in [3.8, 4) is 0 Å². The van der Waals surface area contributed by atoms with Crippen molar-refractivity contribution in [2.45, 2.75) is 63.8 Å². The number of carbonyl (C=O) groups is 4. The minimum absolute atomic E-state index is 0.118. The van der Waals surface area contributed by atoms with Crippen LogP contribution in [0.1, 0.15) is 57.8 Å². The highest BCUT2D eigenvalue weighted by molar-refractivity contribution is 5.95. The predicted molar refractivity (Wildman–Crippen MR) is 98.9 cm³/mol. The fraction of sp³-hybridized carbons (Fsp3) is 0.800. The Kier molecular flexibility index (Phi) is 5.29. The van der Waals surface area contributed by atoms with E-state index in [9.17, 15) is 19.2 Å². The Bertz CT molecular complexity index is 637. The third kappa shape index (κ3) is 4.83. The van der Waals surface area contributed by atoms with E-state index in [0.717, 1.165) is 49.9 Å². The van der Waals surface area contributed by atoms with Crippen LogP contribution in [0.5, 0.6) is 0 Å². The van der Waals surface area contributed by atoms with Crippen LogP contribution in [0.15, 0.2) is 0 Å². The molecule has 154 valence electrons. The van der Waals surface area contributed by atoms with Crippen molar-refractivity contribution in [1.29, 1.82) is 0 Å². The highest BCUT2D eigenvalue weighted by atomic mass is 16.5. The SMILES string of the molecule is O=C(CC12CC3CC(CC(C3)C1)C2)NCC(=O)OCC(=O)NC(=O)NC1CC1. The van der Waals surface area contributed by atoms with Crippen LogP contribution in [-0.2, 0) is 19.1 Å². The molecule has 4 amide bonds. The minimum atomic E-state index is -0.689. The summed E-state index contributed by atoms with van der Waals surface area (Å²) in [7, 11) is 0. The number of hydrogen-bond acceptors (Lipinski definition) is 5. The molecule has 5 rings (SSSR count). The molecular weight excluding hydrogens is 362 g/mol. The Balaban J connectivity index is 1.13. The molecule has 0 spiro atoms. The summed E-state index contributed by atoms with van der Waals surface area (Å²) in [4.78, 5) is 47.1. The Morgan fingerprint density at radius 1 is 0.893 bits per heavy atom. The van der Waals surface area contributed by atoms with Crippen LogP contribution in [-0.4, -0.2) is 43.0 Å². The molecule has 0 unspecified atom stereocenters. The Labute approximate surface area is 164 Å². The van der Waals surface area contributed by atoms with E-state index < -0.39 is 24.5 Å². The summed E-state index contributed by atoms with van der Waals surface area (Å²) in [5.74, 6) is 0.842. The van der Waals surface area contributed by atoms with Crippen molar-refractivity contribution in [3.63, 3.8) is 0 Å². The molecule has 8 heteroatoms. The Morgan fingerprint density at radius 3 is 2.07 bits per heavy atom. The van der Waals surface area contributed by atoms with Gasteiger partial charge in [0.1, 0.15) is 6.54 Å². The molecule has 8 nitrogen and oxygen atoms in total. The van der Waals surface area contributed by atoms with E-state index in [2.05, 4.69) is 16.0 Å². The van der Waals surface area contributed by atoms with Gasteiger partial charge in [-0.2, -0.15) is 0 Å². The van der Waals surface area contributed by atoms with Gasteiger partial charge in [0.15, 0.2) is 6.61 Å². The van der Waals surface area contributed by atoms with Crippen LogP contribution in [0, 0.1) is 23.2 Å². The van der Waals surface area contributed by atoms with Crippen molar-refractivity contribution in [3.05, 3.63) is 0 Å². The second-order valence-electron chi connectivity index (χ2n) is 9.33. The van der Waals surface area contributed by atoms with Gasteiger partial charge in [-0.15, -0.1) is 0 Å². The second-order valence-corrected chi connectivity index (χ2v) is 9.33. The summed E-state index contributed by atoms with van der Waals surface area (Å²) in [5, 5.41) is 7.34. The number of ether oxygens (including phenoxy) is 1. The molecule has 0 aromatic carbocycles. The van der Waals surface area contributed by atoms with Gasteiger partial charge in [-0.1, -0.05) is 0 Å². The van der Waals surface area contributed by atoms with E-state index in [4.69, 9.17) is 4.74 Å². The van der Waals surface area contributed by atoms with Crippen LogP contribution in [0.2, 0.25) is 0 Å². The lowest BCUT2D eigenvalue weighted by molar-refractivity contribution is -0.148. The van der Waals surface area contributed by atoms with Crippen molar-refractivity contribution in [2.75, 3.05) is 13.2 Å². The first-order valence-corrected chi connectivity index (χ1v) is 10.4. The fourth-order valence-corrected chi connectivity index (χ4v) is 5.89. The van der Waals surface area contributed by atoms with Crippen LogP contribution in [0.4, 0.5) is 4.79 Å². The number of rotatable bonds is 7. The van der Waals surface area contributed by atoms with E-state index in [-0.39, 0.29) is 23.9 Å². The van der Waals surface area contributed by atoms with Gasteiger partial charge in [-0.25, -0.2) is 4.79 Å². The third-order valence-corrected chi connectivity index (χ3v) is 6.66. The van der Waals surface area contributed by atoms with Crippen molar-refractivity contribution in [1.82, 2.24) is 16.0 Å². The quantitative estimate of drug-likeness (QED) is 0.565. The molecule has 3 N–H and O–H groups in total. The molecular formula is C20H29N3O5. The van der Waals surface area contributed by atoms with Gasteiger partial charge in [0.25, 0.3) is 5.91 Å². The fourth-order valence-electron chi connectivity index (χ4n) is 5.89. The first-order valence-electron chi connectivity index (χ1n) is 10.4. The topological polar surface area (TPSA) is 114 Å². The van der Waals surface area contributed by atoms with Gasteiger partial charge in [-0.3, -0.25) is 19.7 Å². The molecule has 0 aliphatic heterocycles. The van der Waals surface area contributed by atoms with Gasteiger partial charge in [0.05, 0.1) is 0 Å². The number of amides is 4. The van der Waals surface area contributed by atoms with Crippen molar-refractivity contribution in [2.24, 2.45) is 23.2 Å². The van der Waals surface area contributed by atoms with E-state index >= 15 is 0 Å². The molecule has 0 atom stereocenters. The monoisotopic (exact) mass is 391 g/mol. The molecule has 0 radical (unpaired) electrons. The lowest BCUT2D eigenvalue weighted by Gasteiger charge is -2.56. The van der Waals surface area contributed by atoms with E-state index in [1.54, 1.807) is 0 Å². The zero-order chi connectivity index (χ0) is 19.7. The summed E-state index contributed by atoms with van der Waals surface area (Å²) < 4.78 is 4.82. The molecule has 28 heavy (non-hydrogen) atoms. The van der Waals surface area contributed by atoms with Gasteiger partial charge in [0.2, 0.25) is 5.91 Å². The molecule has 0 aromatic rings. The first kappa shape index (κ1) is 19.2. The lowest BCUT2D eigenvalue weighted by Crippen LogP contribution is -2.48. The second kappa shape index (κ2) is 7.72. The molecule has 5 aliphatic rings. The van der Waals surface area contributed by atoms with Gasteiger partial charge < -0.3 is 15.4 Å². The Morgan fingerprint density at radius 2 is 1.50 bits per heavy atom. The predicted octanol–water partition coefficient (Wildman–Crippen LogP) is 1.24. The number of imide groups is 1. The molecule has 5 aliphatic carbocycles. The summed E-state index contributed by atoms with van der Waals surface area (Å²) in [6.45, 7) is -0.797. The largest absolute Gasteiger partial charge is 0.454 e. The van der Waals surface area contributed by atoms with Gasteiger partial charge >= 0.3 is 12.0 Å². The standard InChI is InChI=1S/C20H29N3O5/c24-16(9-20-6-12-3-13(7-20)5-14(4-12)8-20)21-10-18(26)28-11-17(25)23-19(27)22-15-1-2-15/h12-15H,1-11H2,(H,21,24)(H2,22,23,25,27). The maximum atomic E-state index is 12.4. The number of urea groups is 1. The first-order chi connectivity index (χ1) is 13.4. The van der Waals surface area contributed by atoms with Gasteiger partial charge in [-0.05, 0) is 74.5 Å². The number of esters is 1. The van der Waals surface area contributed by atoms with Crippen LogP contribution in [0.25, 0.3) is 0 Å². The summed E-state index contributed by atoms with van der Waals surface area (Å²) in [6.07, 6.45) is 9.71. The average Bonchev–Trinajstić information content (AvgIpc) is 3.40. The van der Waals surface area contributed by atoms with Crippen LogP contribution < -0.4 is 16.0 Å². The molecule has 4 bridgehead atoms.